The second-order valence-electron chi connectivity index (χ2n) is 5.92. The Hall–Kier alpha value is -2.50. The summed E-state index contributed by atoms with van der Waals surface area (Å²) in [7, 11) is 0. The van der Waals surface area contributed by atoms with Crippen molar-refractivity contribution in [3.8, 4) is 5.75 Å². The molecule has 3 rings (SSSR count). The number of amides is 1. The van der Waals surface area contributed by atoms with Crippen LogP contribution in [-0.2, 0) is 6.54 Å². The number of nitrogens with one attached hydrogen (secondary N) is 1. The van der Waals surface area contributed by atoms with E-state index in [1.165, 1.54) is 0 Å². The van der Waals surface area contributed by atoms with Gasteiger partial charge in [0.2, 0.25) is 0 Å². The van der Waals surface area contributed by atoms with E-state index in [4.69, 9.17) is 27.9 Å². The number of anilines is 1. The minimum atomic E-state index is -0.323. The van der Waals surface area contributed by atoms with Crippen molar-refractivity contribution in [3.05, 3.63) is 75.5 Å². The lowest BCUT2D eigenvalue weighted by Crippen LogP contribution is -2.13. The summed E-state index contributed by atoms with van der Waals surface area (Å²) in [6.45, 7) is 4.59. The van der Waals surface area contributed by atoms with Gasteiger partial charge in [-0.25, -0.2) is 4.68 Å². The van der Waals surface area contributed by atoms with Crippen LogP contribution in [0, 0.1) is 6.92 Å². The fourth-order valence-corrected chi connectivity index (χ4v) is 3.24. The second-order valence-corrected chi connectivity index (χ2v) is 6.68. The van der Waals surface area contributed by atoms with Gasteiger partial charge in [0.1, 0.15) is 10.9 Å². The van der Waals surface area contributed by atoms with Gasteiger partial charge in [-0.2, -0.15) is 5.10 Å². The van der Waals surface area contributed by atoms with Gasteiger partial charge >= 0.3 is 0 Å². The summed E-state index contributed by atoms with van der Waals surface area (Å²) < 4.78 is 7.03. The summed E-state index contributed by atoms with van der Waals surface area (Å²) in [5.74, 6) is 0.365. The number of benzene rings is 2. The summed E-state index contributed by atoms with van der Waals surface area (Å²) >= 11 is 12.7. The molecule has 1 heterocycles. The lowest BCUT2D eigenvalue weighted by molar-refractivity contribution is 0.102. The quantitative estimate of drug-likeness (QED) is 0.615. The zero-order valence-electron chi connectivity index (χ0n) is 15.0. The van der Waals surface area contributed by atoms with Crippen LogP contribution in [0.4, 0.5) is 5.69 Å². The topological polar surface area (TPSA) is 56.1 Å². The van der Waals surface area contributed by atoms with Crippen molar-refractivity contribution in [2.75, 3.05) is 11.9 Å². The Morgan fingerprint density at radius 1 is 1.19 bits per heavy atom. The molecular formula is C20H19Cl2N3O2. The molecule has 0 bridgehead atoms. The molecule has 0 fully saturated rings. The van der Waals surface area contributed by atoms with Crippen LogP contribution in [0.25, 0.3) is 0 Å². The molecule has 0 aliphatic rings. The van der Waals surface area contributed by atoms with Crippen LogP contribution < -0.4 is 10.1 Å². The fourth-order valence-electron chi connectivity index (χ4n) is 2.73. The third kappa shape index (κ3) is 4.43. The molecule has 0 radical (unpaired) electrons. The third-order valence-electron chi connectivity index (χ3n) is 3.97. The van der Waals surface area contributed by atoms with Crippen molar-refractivity contribution in [2.45, 2.75) is 20.4 Å². The molecule has 140 valence electrons. The van der Waals surface area contributed by atoms with E-state index in [9.17, 15) is 4.79 Å². The number of rotatable bonds is 6. The predicted octanol–water partition coefficient (Wildman–Crippen LogP) is 5.20. The molecule has 0 saturated heterocycles. The monoisotopic (exact) mass is 403 g/mol. The Morgan fingerprint density at radius 2 is 1.96 bits per heavy atom. The highest BCUT2D eigenvalue weighted by Crippen LogP contribution is 2.25. The molecule has 5 nitrogen and oxygen atoms in total. The van der Waals surface area contributed by atoms with Gasteiger partial charge in [0, 0.05) is 16.8 Å². The number of carbonyl (C=O) groups is 1. The summed E-state index contributed by atoms with van der Waals surface area (Å²) in [6, 6.07) is 14.7. The van der Waals surface area contributed by atoms with E-state index in [1.807, 2.05) is 37.3 Å². The van der Waals surface area contributed by atoms with Gasteiger partial charge in [0.05, 0.1) is 24.4 Å². The van der Waals surface area contributed by atoms with Crippen molar-refractivity contribution < 1.29 is 9.53 Å². The standard InChI is InChI=1S/C20H19Cl2N3O2/c1-3-27-16-9-6-8-15(11-16)23-20(26)18-13(2)24-25(19(18)22)12-14-7-4-5-10-17(14)21/h4-11H,3,12H2,1-2H3,(H,23,26). The van der Waals surface area contributed by atoms with Crippen molar-refractivity contribution in [2.24, 2.45) is 0 Å². The van der Waals surface area contributed by atoms with E-state index in [-0.39, 0.29) is 11.1 Å². The summed E-state index contributed by atoms with van der Waals surface area (Å²) in [4.78, 5) is 12.7. The summed E-state index contributed by atoms with van der Waals surface area (Å²) in [6.07, 6.45) is 0. The molecule has 0 spiro atoms. The van der Waals surface area contributed by atoms with Crippen LogP contribution >= 0.6 is 23.2 Å². The Balaban J connectivity index is 1.82. The largest absolute Gasteiger partial charge is 0.494 e. The molecule has 0 unspecified atom stereocenters. The Labute approximate surface area is 167 Å². The number of carbonyl (C=O) groups excluding carboxylic acids is 1. The molecule has 7 heteroatoms. The number of aromatic nitrogens is 2. The Morgan fingerprint density at radius 3 is 2.70 bits per heavy atom. The number of hydrogen-bond acceptors (Lipinski definition) is 3. The average molecular weight is 404 g/mol. The Kier molecular flexibility index (Phi) is 6.04. The van der Waals surface area contributed by atoms with Crippen molar-refractivity contribution in [3.63, 3.8) is 0 Å². The zero-order valence-corrected chi connectivity index (χ0v) is 16.5. The number of hydrogen-bond donors (Lipinski definition) is 1. The highest BCUT2D eigenvalue weighted by Gasteiger charge is 2.21. The molecule has 0 atom stereocenters. The first-order valence-electron chi connectivity index (χ1n) is 8.50. The maximum atomic E-state index is 12.7. The lowest BCUT2D eigenvalue weighted by atomic mass is 10.2. The summed E-state index contributed by atoms with van der Waals surface area (Å²) in [5, 5.41) is 8.14. The van der Waals surface area contributed by atoms with Crippen LogP contribution in [-0.4, -0.2) is 22.3 Å². The van der Waals surface area contributed by atoms with Gasteiger partial charge in [-0.3, -0.25) is 4.79 Å². The van der Waals surface area contributed by atoms with E-state index >= 15 is 0 Å². The maximum absolute atomic E-state index is 12.7. The zero-order chi connectivity index (χ0) is 19.4. The molecule has 2 aromatic carbocycles. The van der Waals surface area contributed by atoms with E-state index in [2.05, 4.69) is 10.4 Å². The fraction of sp³-hybridized carbons (Fsp3) is 0.200. The first kappa shape index (κ1) is 19.3. The van der Waals surface area contributed by atoms with Crippen molar-refractivity contribution in [1.82, 2.24) is 9.78 Å². The highest BCUT2D eigenvalue weighted by molar-refractivity contribution is 6.34. The number of aryl methyl sites for hydroxylation is 1. The minimum Gasteiger partial charge on any atom is -0.494 e. The average Bonchev–Trinajstić information content (AvgIpc) is 2.91. The number of ether oxygens (including phenoxy) is 1. The van der Waals surface area contributed by atoms with Gasteiger partial charge in [-0.1, -0.05) is 47.5 Å². The van der Waals surface area contributed by atoms with Crippen molar-refractivity contribution in [1.29, 1.82) is 0 Å². The van der Waals surface area contributed by atoms with Crippen molar-refractivity contribution >= 4 is 34.8 Å². The van der Waals surface area contributed by atoms with Gasteiger partial charge in [0.25, 0.3) is 5.91 Å². The molecule has 1 aromatic heterocycles. The first-order chi connectivity index (χ1) is 13.0. The second kappa shape index (κ2) is 8.46. The predicted molar refractivity (Wildman–Crippen MR) is 108 cm³/mol. The molecule has 27 heavy (non-hydrogen) atoms. The number of halogens is 2. The molecule has 0 aliphatic heterocycles. The molecule has 1 amide bonds. The van der Waals surface area contributed by atoms with E-state index < -0.39 is 0 Å². The molecule has 3 aromatic rings. The maximum Gasteiger partial charge on any atom is 0.260 e. The SMILES string of the molecule is CCOc1cccc(NC(=O)c2c(C)nn(Cc3ccccc3Cl)c2Cl)c1. The van der Waals surface area contributed by atoms with Crippen LogP contribution in [0.3, 0.4) is 0 Å². The first-order valence-corrected chi connectivity index (χ1v) is 9.25. The van der Waals surface area contributed by atoms with Crippen LogP contribution in [0.1, 0.15) is 28.5 Å². The molecule has 0 aliphatic carbocycles. The van der Waals surface area contributed by atoms with Gasteiger partial charge < -0.3 is 10.1 Å². The van der Waals surface area contributed by atoms with Crippen LogP contribution in [0.15, 0.2) is 48.5 Å². The van der Waals surface area contributed by atoms with E-state index in [0.29, 0.717) is 40.9 Å². The molecule has 0 saturated carbocycles. The lowest BCUT2D eigenvalue weighted by Gasteiger charge is -2.08. The molecule has 1 N–H and O–H groups in total. The smallest absolute Gasteiger partial charge is 0.260 e. The third-order valence-corrected chi connectivity index (χ3v) is 4.73. The minimum absolute atomic E-state index is 0.269. The van der Waals surface area contributed by atoms with Crippen LogP contribution in [0.5, 0.6) is 5.75 Å². The van der Waals surface area contributed by atoms with E-state index in [1.54, 1.807) is 29.8 Å². The Bertz CT molecular complexity index is 970. The van der Waals surface area contributed by atoms with Crippen LogP contribution in [0.2, 0.25) is 10.2 Å². The highest BCUT2D eigenvalue weighted by atomic mass is 35.5. The summed E-state index contributed by atoms with van der Waals surface area (Å²) in [5.41, 5.74) is 2.39. The van der Waals surface area contributed by atoms with Gasteiger partial charge in [-0.15, -0.1) is 0 Å². The van der Waals surface area contributed by atoms with Gasteiger partial charge in [-0.05, 0) is 37.6 Å². The number of nitrogens with zero attached hydrogens (tertiary/aromatic N) is 2. The van der Waals surface area contributed by atoms with E-state index in [0.717, 1.165) is 5.56 Å². The normalized spacial score (nSPS) is 10.7. The van der Waals surface area contributed by atoms with Gasteiger partial charge in [0.15, 0.2) is 0 Å². The molecular weight excluding hydrogens is 385 g/mol.